The second-order valence-electron chi connectivity index (χ2n) is 5.92. The summed E-state index contributed by atoms with van der Waals surface area (Å²) in [6.45, 7) is 10.0. The molecular formula is C13H22N2S. The first-order valence-corrected chi connectivity index (χ1v) is 6.89. The quantitative estimate of drug-likeness (QED) is 0.874. The molecule has 1 heterocycles. The number of aromatic nitrogens is 1. The number of hydrogen-bond acceptors (Lipinski definition) is 3. The predicted molar refractivity (Wildman–Crippen MR) is 70.1 cm³/mol. The van der Waals surface area contributed by atoms with Crippen LogP contribution in [0.3, 0.4) is 0 Å². The van der Waals surface area contributed by atoms with Gasteiger partial charge in [0.05, 0.1) is 10.7 Å². The third-order valence-electron chi connectivity index (χ3n) is 3.19. The van der Waals surface area contributed by atoms with Crippen molar-refractivity contribution >= 4 is 11.3 Å². The van der Waals surface area contributed by atoms with E-state index in [2.05, 4.69) is 33.0 Å². The third-order valence-corrected chi connectivity index (χ3v) is 4.38. The molecule has 0 amide bonds. The first-order chi connectivity index (χ1) is 7.43. The van der Waals surface area contributed by atoms with Crippen LogP contribution in [0.5, 0.6) is 0 Å². The Bertz CT molecular complexity index is 376. The van der Waals surface area contributed by atoms with Crippen LogP contribution in [0.1, 0.15) is 55.6 Å². The normalized spacial score (nSPS) is 24.8. The lowest BCUT2D eigenvalue weighted by molar-refractivity contribution is 0.561. The Morgan fingerprint density at radius 1 is 1.44 bits per heavy atom. The lowest BCUT2D eigenvalue weighted by Crippen LogP contribution is -2.16. The Hall–Kier alpha value is -0.410. The Kier molecular flexibility index (Phi) is 3.10. The largest absolute Gasteiger partial charge is 0.315 e. The average molecular weight is 238 g/mol. The number of thiazole rings is 1. The van der Waals surface area contributed by atoms with Crippen LogP contribution >= 0.6 is 11.3 Å². The molecule has 16 heavy (non-hydrogen) atoms. The molecule has 1 N–H and O–H groups in total. The molecule has 3 heteroatoms. The maximum absolute atomic E-state index is 4.89. The Morgan fingerprint density at radius 2 is 2.06 bits per heavy atom. The molecule has 1 aliphatic rings. The molecule has 2 unspecified atom stereocenters. The van der Waals surface area contributed by atoms with Gasteiger partial charge in [0.15, 0.2) is 0 Å². The summed E-state index contributed by atoms with van der Waals surface area (Å²) in [6.07, 6.45) is 1.33. The van der Waals surface area contributed by atoms with Gasteiger partial charge in [0.2, 0.25) is 0 Å². The fraction of sp³-hybridized carbons (Fsp3) is 0.769. The summed E-state index contributed by atoms with van der Waals surface area (Å²) >= 11 is 1.91. The van der Waals surface area contributed by atoms with Crippen LogP contribution in [0.25, 0.3) is 0 Å². The Labute approximate surface area is 102 Å². The molecule has 1 fully saturated rings. The number of hydrogen-bond donors (Lipinski definition) is 1. The summed E-state index contributed by atoms with van der Waals surface area (Å²) in [5.74, 6) is 1.60. The molecule has 0 radical (unpaired) electrons. The summed E-state index contributed by atoms with van der Waals surface area (Å²) in [7, 11) is 2.01. The van der Waals surface area contributed by atoms with Crippen LogP contribution < -0.4 is 5.32 Å². The minimum Gasteiger partial charge on any atom is -0.315 e. The highest BCUT2D eigenvalue weighted by molar-refractivity contribution is 7.11. The van der Waals surface area contributed by atoms with E-state index in [-0.39, 0.29) is 5.41 Å². The van der Waals surface area contributed by atoms with E-state index in [1.807, 2.05) is 18.4 Å². The van der Waals surface area contributed by atoms with Gasteiger partial charge in [-0.2, -0.15) is 0 Å². The highest BCUT2D eigenvalue weighted by atomic mass is 32.1. The van der Waals surface area contributed by atoms with E-state index in [9.17, 15) is 0 Å². The van der Waals surface area contributed by atoms with Gasteiger partial charge < -0.3 is 5.32 Å². The van der Waals surface area contributed by atoms with Crippen molar-refractivity contribution in [3.8, 4) is 0 Å². The SMILES string of the molecule is CNCc1sc(C2CC2C)nc1C(C)(C)C. The summed E-state index contributed by atoms with van der Waals surface area (Å²) in [4.78, 5) is 6.31. The fourth-order valence-electron chi connectivity index (χ4n) is 2.06. The summed E-state index contributed by atoms with van der Waals surface area (Å²) < 4.78 is 0. The highest BCUT2D eigenvalue weighted by Gasteiger charge is 2.38. The van der Waals surface area contributed by atoms with E-state index in [0.29, 0.717) is 0 Å². The molecule has 90 valence electrons. The molecule has 0 spiro atoms. The fourth-order valence-corrected chi connectivity index (χ4v) is 3.60. The second kappa shape index (κ2) is 4.11. The van der Waals surface area contributed by atoms with Crippen LogP contribution in [0.4, 0.5) is 0 Å². The first-order valence-electron chi connectivity index (χ1n) is 6.08. The van der Waals surface area contributed by atoms with Crippen molar-refractivity contribution in [3.05, 3.63) is 15.6 Å². The Balaban J connectivity index is 2.30. The van der Waals surface area contributed by atoms with Gasteiger partial charge in [0.1, 0.15) is 0 Å². The van der Waals surface area contributed by atoms with Crippen molar-refractivity contribution in [1.82, 2.24) is 10.3 Å². The Morgan fingerprint density at radius 3 is 2.50 bits per heavy atom. The minimum absolute atomic E-state index is 0.166. The zero-order valence-electron chi connectivity index (χ0n) is 10.9. The number of nitrogens with zero attached hydrogens (tertiary/aromatic N) is 1. The highest BCUT2D eigenvalue weighted by Crippen LogP contribution is 2.49. The van der Waals surface area contributed by atoms with Crippen molar-refractivity contribution in [2.24, 2.45) is 5.92 Å². The molecular weight excluding hydrogens is 216 g/mol. The van der Waals surface area contributed by atoms with Gasteiger partial charge in [-0.1, -0.05) is 27.7 Å². The molecule has 2 rings (SSSR count). The maximum Gasteiger partial charge on any atom is 0.0965 e. The first kappa shape index (κ1) is 12.1. The maximum atomic E-state index is 4.89. The molecule has 1 aliphatic carbocycles. The van der Waals surface area contributed by atoms with Crippen LogP contribution in [0, 0.1) is 5.92 Å². The summed E-state index contributed by atoms with van der Waals surface area (Å²) in [5, 5.41) is 4.61. The molecule has 0 aromatic carbocycles. The number of nitrogens with one attached hydrogen (secondary N) is 1. The van der Waals surface area contributed by atoms with E-state index in [1.165, 1.54) is 22.0 Å². The van der Waals surface area contributed by atoms with Crippen molar-refractivity contribution in [1.29, 1.82) is 0 Å². The van der Waals surface area contributed by atoms with E-state index in [1.54, 1.807) is 0 Å². The number of rotatable bonds is 3. The van der Waals surface area contributed by atoms with E-state index >= 15 is 0 Å². The third kappa shape index (κ3) is 2.30. The van der Waals surface area contributed by atoms with Gasteiger partial charge in [-0.15, -0.1) is 11.3 Å². The predicted octanol–water partition coefficient (Wildman–Crippen LogP) is 3.28. The van der Waals surface area contributed by atoms with E-state index in [0.717, 1.165) is 18.4 Å². The molecule has 1 aromatic rings. The van der Waals surface area contributed by atoms with Gasteiger partial charge >= 0.3 is 0 Å². The summed E-state index contributed by atoms with van der Waals surface area (Å²) in [5.41, 5.74) is 1.46. The summed E-state index contributed by atoms with van der Waals surface area (Å²) in [6, 6.07) is 0. The smallest absolute Gasteiger partial charge is 0.0965 e. The lowest BCUT2D eigenvalue weighted by atomic mass is 9.91. The van der Waals surface area contributed by atoms with Crippen LogP contribution in [0.2, 0.25) is 0 Å². The van der Waals surface area contributed by atoms with Crippen LogP contribution in [-0.4, -0.2) is 12.0 Å². The molecule has 0 aliphatic heterocycles. The molecule has 2 atom stereocenters. The average Bonchev–Trinajstić information content (AvgIpc) is 2.74. The van der Waals surface area contributed by atoms with Gasteiger partial charge in [-0.3, -0.25) is 0 Å². The van der Waals surface area contributed by atoms with Gasteiger partial charge in [0.25, 0.3) is 0 Å². The molecule has 1 saturated carbocycles. The zero-order chi connectivity index (χ0) is 11.9. The van der Waals surface area contributed by atoms with E-state index < -0.39 is 0 Å². The molecule has 2 nitrogen and oxygen atoms in total. The second-order valence-corrected chi connectivity index (χ2v) is 7.04. The van der Waals surface area contributed by atoms with Gasteiger partial charge in [-0.05, 0) is 19.4 Å². The van der Waals surface area contributed by atoms with Crippen LogP contribution in [-0.2, 0) is 12.0 Å². The van der Waals surface area contributed by atoms with Crippen molar-refractivity contribution in [2.75, 3.05) is 7.05 Å². The lowest BCUT2D eigenvalue weighted by Gasteiger charge is -2.17. The molecule has 1 aromatic heterocycles. The zero-order valence-corrected chi connectivity index (χ0v) is 11.7. The monoisotopic (exact) mass is 238 g/mol. The van der Waals surface area contributed by atoms with Gasteiger partial charge in [0, 0.05) is 22.8 Å². The minimum atomic E-state index is 0.166. The molecule has 0 bridgehead atoms. The van der Waals surface area contributed by atoms with Crippen molar-refractivity contribution < 1.29 is 0 Å². The van der Waals surface area contributed by atoms with Crippen LogP contribution in [0.15, 0.2) is 0 Å². The molecule has 0 saturated heterocycles. The van der Waals surface area contributed by atoms with Crippen molar-refractivity contribution in [3.63, 3.8) is 0 Å². The van der Waals surface area contributed by atoms with E-state index in [4.69, 9.17) is 4.98 Å². The topological polar surface area (TPSA) is 24.9 Å². The standard InChI is InChI=1S/C13H22N2S/c1-8-6-9(8)12-15-11(13(2,3)4)10(16-12)7-14-5/h8-9,14H,6-7H2,1-5H3. The van der Waals surface area contributed by atoms with Crippen molar-refractivity contribution in [2.45, 2.75) is 52.0 Å². The van der Waals surface area contributed by atoms with Gasteiger partial charge in [-0.25, -0.2) is 4.98 Å².